The standard InChI is InChI=1S/C18H28O/c1-13-8-14(2)10-16(9-13)12-18(19)7-6-17(4,5)11-15(18)3/h8-10,15,19H,6-7,11-12H2,1-5H3. The first-order chi connectivity index (χ1) is 8.70. The van der Waals surface area contributed by atoms with Crippen LogP contribution >= 0.6 is 0 Å². The Hall–Kier alpha value is -0.820. The molecule has 1 nitrogen and oxygen atoms in total. The highest BCUT2D eigenvalue weighted by molar-refractivity contribution is 5.29. The first kappa shape index (κ1) is 14.6. The maximum atomic E-state index is 11.0. The fraction of sp³-hybridized carbons (Fsp3) is 0.667. The summed E-state index contributed by atoms with van der Waals surface area (Å²) in [5.41, 5.74) is 3.74. The molecule has 0 amide bonds. The third-order valence-corrected chi connectivity index (χ3v) is 4.80. The van der Waals surface area contributed by atoms with Crippen molar-refractivity contribution in [3.63, 3.8) is 0 Å². The summed E-state index contributed by atoms with van der Waals surface area (Å²) in [4.78, 5) is 0. The van der Waals surface area contributed by atoms with E-state index in [1.165, 1.54) is 16.7 Å². The molecule has 1 heteroatoms. The lowest BCUT2D eigenvalue weighted by atomic mass is 9.64. The molecule has 1 aromatic rings. The van der Waals surface area contributed by atoms with Gasteiger partial charge in [0.05, 0.1) is 5.60 Å². The third kappa shape index (κ3) is 3.39. The van der Waals surface area contributed by atoms with E-state index in [0.29, 0.717) is 11.3 Å². The van der Waals surface area contributed by atoms with Gasteiger partial charge in [0.15, 0.2) is 0 Å². The van der Waals surface area contributed by atoms with E-state index in [9.17, 15) is 5.11 Å². The van der Waals surface area contributed by atoms with Gasteiger partial charge in [0, 0.05) is 6.42 Å². The molecule has 0 aromatic heterocycles. The van der Waals surface area contributed by atoms with Gasteiger partial charge in [-0.2, -0.15) is 0 Å². The van der Waals surface area contributed by atoms with Crippen molar-refractivity contribution in [3.05, 3.63) is 34.9 Å². The van der Waals surface area contributed by atoms with Crippen molar-refractivity contribution in [1.29, 1.82) is 0 Å². The molecule has 0 radical (unpaired) electrons. The second-order valence-corrected chi connectivity index (χ2v) is 7.55. The van der Waals surface area contributed by atoms with Crippen LogP contribution < -0.4 is 0 Å². The van der Waals surface area contributed by atoms with E-state index >= 15 is 0 Å². The zero-order valence-corrected chi connectivity index (χ0v) is 13.1. The fourth-order valence-electron chi connectivity index (χ4n) is 3.71. The lowest BCUT2D eigenvalue weighted by Crippen LogP contribution is -2.45. The molecule has 0 spiro atoms. The van der Waals surface area contributed by atoms with Gasteiger partial charge < -0.3 is 5.11 Å². The molecule has 2 unspecified atom stereocenters. The molecular weight excluding hydrogens is 232 g/mol. The molecule has 1 saturated carbocycles. The van der Waals surface area contributed by atoms with Crippen molar-refractivity contribution in [2.24, 2.45) is 11.3 Å². The SMILES string of the molecule is Cc1cc(C)cc(CC2(O)CCC(C)(C)CC2C)c1. The van der Waals surface area contributed by atoms with Gasteiger partial charge in [-0.05, 0) is 50.0 Å². The minimum absolute atomic E-state index is 0.372. The van der Waals surface area contributed by atoms with Gasteiger partial charge in [0.2, 0.25) is 0 Å². The van der Waals surface area contributed by atoms with Crippen LogP contribution in [0.15, 0.2) is 18.2 Å². The van der Waals surface area contributed by atoms with E-state index in [4.69, 9.17) is 0 Å². The molecule has 2 atom stereocenters. The monoisotopic (exact) mass is 260 g/mol. The molecule has 0 saturated heterocycles. The Morgan fingerprint density at radius 1 is 1.11 bits per heavy atom. The minimum atomic E-state index is -0.518. The fourth-order valence-corrected chi connectivity index (χ4v) is 3.71. The first-order valence-electron chi connectivity index (χ1n) is 7.50. The second kappa shape index (κ2) is 4.94. The Kier molecular flexibility index (Phi) is 3.79. The van der Waals surface area contributed by atoms with Crippen molar-refractivity contribution in [2.75, 3.05) is 0 Å². The van der Waals surface area contributed by atoms with Crippen molar-refractivity contribution in [3.8, 4) is 0 Å². The summed E-state index contributed by atoms with van der Waals surface area (Å²) >= 11 is 0. The van der Waals surface area contributed by atoms with E-state index in [-0.39, 0.29) is 0 Å². The average molecular weight is 260 g/mol. The van der Waals surface area contributed by atoms with Crippen molar-refractivity contribution in [1.82, 2.24) is 0 Å². The number of aliphatic hydroxyl groups is 1. The first-order valence-corrected chi connectivity index (χ1v) is 7.50. The summed E-state index contributed by atoms with van der Waals surface area (Å²) in [6.07, 6.45) is 3.97. The number of aryl methyl sites for hydroxylation is 2. The Labute approximate surface area is 118 Å². The van der Waals surface area contributed by atoms with E-state index in [1.54, 1.807) is 0 Å². The molecule has 1 fully saturated rings. The highest BCUT2D eigenvalue weighted by Gasteiger charge is 2.42. The summed E-state index contributed by atoms with van der Waals surface area (Å²) in [7, 11) is 0. The predicted molar refractivity (Wildman–Crippen MR) is 81.4 cm³/mol. The number of hydrogen-bond donors (Lipinski definition) is 1. The van der Waals surface area contributed by atoms with Crippen molar-refractivity contribution >= 4 is 0 Å². The molecule has 0 heterocycles. The molecule has 2 rings (SSSR count). The second-order valence-electron chi connectivity index (χ2n) is 7.55. The number of hydrogen-bond acceptors (Lipinski definition) is 1. The van der Waals surface area contributed by atoms with Gasteiger partial charge in [-0.1, -0.05) is 50.1 Å². The Bertz CT molecular complexity index is 441. The molecule has 1 aliphatic carbocycles. The summed E-state index contributed by atoms with van der Waals surface area (Å²) < 4.78 is 0. The summed E-state index contributed by atoms with van der Waals surface area (Å²) in [6, 6.07) is 6.63. The smallest absolute Gasteiger partial charge is 0.0713 e. The van der Waals surface area contributed by atoms with Gasteiger partial charge in [0.1, 0.15) is 0 Å². The van der Waals surface area contributed by atoms with Crippen LogP contribution in [0.1, 0.15) is 56.7 Å². The molecule has 19 heavy (non-hydrogen) atoms. The molecular formula is C18H28O. The molecule has 0 aliphatic heterocycles. The summed E-state index contributed by atoms with van der Waals surface area (Å²) in [5.74, 6) is 0.372. The molecule has 1 aromatic carbocycles. The number of benzene rings is 1. The van der Waals surface area contributed by atoms with Crippen LogP contribution in [0, 0.1) is 25.2 Å². The quantitative estimate of drug-likeness (QED) is 0.834. The lowest BCUT2D eigenvalue weighted by Gasteiger charge is -2.45. The minimum Gasteiger partial charge on any atom is -0.389 e. The maximum Gasteiger partial charge on any atom is 0.0713 e. The van der Waals surface area contributed by atoms with Gasteiger partial charge in [-0.25, -0.2) is 0 Å². The molecule has 106 valence electrons. The highest BCUT2D eigenvalue weighted by atomic mass is 16.3. The molecule has 1 N–H and O–H groups in total. The van der Waals surface area contributed by atoms with E-state index in [1.807, 2.05) is 0 Å². The van der Waals surface area contributed by atoms with Crippen molar-refractivity contribution in [2.45, 2.75) is 65.9 Å². The summed E-state index contributed by atoms with van der Waals surface area (Å²) in [6.45, 7) is 11.1. The van der Waals surface area contributed by atoms with Crippen LogP contribution in [0.25, 0.3) is 0 Å². The van der Waals surface area contributed by atoms with E-state index < -0.39 is 5.60 Å². The van der Waals surface area contributed by atoms with Crippen LogP contribution in [-0.4, -0.2) is 10.7 Å². The van der Waals surface area contributed by atoms with Gasteiger partial charge in [-0.15, -0.1) is 0 Å². The topological polar surface area (TPSA) is 20.2 Å². The predicted octanol–water partition coefficient (Wildman–Crippen LogP) is 4.42. The normalized spacial score (nSPS) is 30.3. The lowest BCUT2D eigenvalue weighted by molar-refractivity contribution is -0.0704. The zero-order valence-electron chi connectivity index (χ0n) is 13.1. The zero-order chi connectivity index (χ0) is 14.3. The third-order valence-electron chi connectivity index (χ3n) is 4.80. The Morgan fingerprint density at radius 3 is 2.21 bits per heavy atom. The van der Waals surface area contributed by atoms with Crippen molar-refractivity contribution < 1.29 is 5.11 Å². The molecule has 1 aliphatic rings. The molecule has 0 bridgehead atoms. The largest absolute Gasteiger partial charge is 0.389 e. The highest BCUT2D eigenvalue weighted by Crippen LogP contribution is 2.45. The van der Waals surface area contributed by atoms with Gasteiger partial charge in [-0.3, -0.25) is 0 Å². The van der Waals surface area contributed by atoms with Gasteiger partial charge >= 0.3 is 0 Å². The van der Waals surface area contributed by atoms with Crippen LogP contribution in [0.4, 0.5) is 0 Å². The van der Waals surface area contributed by atoms with Crippen LogP contribution in [-0.2, 0) is 6.42 Å². The Balaban J connectivity index is 2.17. The van der Waals surface area contributed by atoms with Crippen LogP contribution in [0.2, 0.25) is 0 Å². The van der Waals surface area contributed by atoms with Crippen LogP contribution in [0.5, 0.6) is 0 Å². The van der Waals surface area contributed by atoms with E-state index in [0.717, 1.165) is 25.7 Å². The van der Waals surface area contributed by atoms with Gasteiger partial charge in [0.25, 0.3) is 0 Å². The average Bonchev–Trinajstić information content (AvgIpc) is 2.23. The summed E-state index contributed by atoms with van der Waals surface area (Å²) in [5, 5.41) is 11.0. The number of rotatable bonds is 2. The van der Waals surface area contributed by atoms with E-state index in [2.05, 4.69) is 52.8 Å². The van der Waals surface area contributed by atoms with Crippen LogP contribution in [0.3, 0.4) is 0 Å². The Morgan fingerprint density at radius 2 is 1.68 bits per heavy atom. The maximum absolute atomic E-state index is 11.0.